The van der Waals surface area contributed by atoms with Crippen LogP contribution in [0.3, 0.4) is 0 Å². The number of benzene rings is 1. The third-order valence-corrected chi connectivity index (χ3v) is 8.49. The molecule has 9 heteroatoms. The molecule has 1 aliphatic rings. The Bertz CT molecular complexity index is 1250. The standard InChI is InChI=1S/C28H36N4O4S/c1-7-28(5,6)24(23-12-16(2)31-36-23)27(35)32-14-21(33)13-22(32)26(34)30-17(3)19-8-10-20(11-9-19)25-18(4)29-15-37-25/h8-12,15,17,21-22,24,33H,7,13-14H2,1-6H3,(H,30,34). The van der Waals surface area contributed by atoms with Crippen LogP contribution in [-0.4, -0.2) is 50.7 Å². The summed E-state index contributed by atoms with van der Waals surface area (Å²) in [5, 5.41) is 17.5. The van der Waals surface area contributed by atoms with E-state index in [-0.39, 0.29) is 30.8 Å². The number of carbonyl (C=O) groups is 2. The normalized spacial score (nSPS) is 19.6. The topological polar surface area (TPSA) is 109 Å². The van der Waals surface area contributed by atoms with Gasteiger partial charge in [-0.2, -0.15) is 0 Å². The highest BCUT2D eigenvalue weighted by atomic mass is 32.1. The highest BCUT2D eigenvalue weighted by Crippen LogP contribution is 2.41. The first-order valence-electron chi connectivity index (χ1n) is 12.7. The third-order valence-electron chi connectivity index (χ3n) is 7.51. The first-order chi connectivity index (χ1) is 17.5. The van der Waals surface area contributed by atoms with E-state index in [1.54, 1.807) is 17.4 Å². The lowest BCUT2D eigenvalue weighted by molar-refractivity contribution is -0.142. The molecule has 0 saturated carbocycles. The van der Waals surface area contributed by atoms with Gasteiger partial charge in [-0.1, -0.05) is 50.2 Å². The minimum atomic E-state index is -0.765. The number of hydrogen-bond acceptors (Lipinski definition) is 7. The molecule has 0 aliphatic carbocycles. The Morgan fingerprint density at radius 2 is 1.97 bits per heavy atom. The molecule has 4 rings (SSSR count). The molecular weight excluding hydrogens is 488 g/mol. The van der Waals surface area contributed by atoms with E-state index in [1.165, 1.54) is 4.90 Å². The first-order valence-corrected chi connectivity index (χ1v) is 13.6. The third kappa shape index (κ3) is 5.62. The van der Waals surface area contributed by atoms with Crippen molar-refractivity contribution >= 4 is 23.2 Å². The molecule has 1 saturated heterocycles. The summed E-state index contributed by atoms with van der Waals surface area (Å²) < 4.78 is 5.52. The van der Waals surface area contributed by atoms with Crippen LogP contribution in [0, 0.1) is 19.3 Å². The minimum absolute atomic E-state index is 0.109. The maximum absolute atomic E-state index is 13.9. The van der Waals surface area contributed by atoms with Crippen LogP contribution < -0.4 is 5.32 Å². The van der Waals surface area contributed by atoms with Gasteiger partial charge >= 0.3 is 0 Å². The highest BCUT2D eigenvalue weighted by Gasteiger charge is 2.46. The van der Waals surface area contributed by atoms with Crippen LogP contribution in [0.2, 0.25) is 0 Å². The molecule has 3 heterocycles. The Morgan fingerprint density at radius 3 is 2.54 bits per heavy atom. The summed E-state index contributed by atoms with van der Waals surface area (Å²) in [5.74, 6) is -0.628. The molecule has 198 valence electrons. The molecule has 0 radical (unpaired) electrons. The maximum Gasteiger partial charge on any atom is 0.243 e. The SMILES string of the molecule is CCC(C)(C)C(C(=O)N1CC(O)CC1C(=O)NC(C)c1ccc(-c2scnc2C)cc1)c1cc(C)no1. The number of thiazole rings is 1. The summed E-state index contributed by atoms with van der Waals surface area (Å²) in [7, 11) is 0. The average molecular weight is 525 g/mol. The number of nitrogens with zero attached hydrogens (tertiary/aromatic N) is 3. The zero-order valence-electron chi connectivity index (χ0n) is 22.3. The molecule has 8 nitrogen and oxygen atoms in total. The van der Waals surface area contributed by atoms with Crippen LogP contribution in [0.5, 0.6) is 0 Å². The Kier molecular flexibility index (Phi) is 7.85. The Morgan fingerprint density at radius 1 is 1.27 bits per heavy atom. The lowest BCUT2D eigenvalue weighted by atomic mass is 9.74. The van der Waals surface area contributed by atoms with E-state index in [9.17, 15) is 14.7 Å². The van der Waals surface area contributed by atoms with Gasteiger partial charge in [-0.15, -0.1) is 11.3 Å². The van der Waals surface area contributed by atoms with E-state index >= 15 is 0 Å². The number of carbonyl (C=O) groups excluding carboxylic acids is 2. The monoisotopic (exact) mass is 524 g/mol. The number of amides is 2. The second-order valence-corrected chi connectivity index (χ2v) is 11.5. The zero-order chi connectivity index (χ0) is 26.9. The molecule has 0 spiro atoms. The second kappa shape index (κ2) is 10.8. The molecule has 37 heavy (non-hydrogen) atoms. The summed E-state index contributed by atoms with van der Waals surface area (Å²) in [6, 6.07) is 8.81. The van der Waals surface area contributed by atoms with E-state index in [0.29, 0.717) is 11.5 Å². The molecule has 2 aromatic heterocycles. The van der Waals surface area contributed by atoms with Gasteiger partial charge in [0.2, 0.25) is 11.8 Å². The number of aliphatic hydroxyl groups excluding tert-OH is 1. The van der Waals surface area contributed by atoms with E-state index in [4.69, 9.17) is 4.52 Å². The van der Waals surface area contributed by atoms with Crippen LogP contribution in [0.25, 0.3) is 10.4 Å². The average Bonchev–Trinajstić information content (AvgIpc) is 3.59. The van der Waals surface area contributed by atoms with Gasteiger partial charge in [-0.05, 0) is 43.7 Å². The number of aryl methyl sites for hydroxylation is 2. The summed E-state index contributed by atoms with van der Waals surface area (Å²) in [6.45, 7) is 11.9. The van der Waals surface area contributed by atoms with Crippen LogP contribution >= 0.6 is 11.3 Å². The first kappa shape index (κ1) is 27.0. The zero-order valence-corrected chi connectivity index (χ0v) is 23.1. The van der Waals surface area contributed by atoms with Gasteiger partial charge in [0.05, 0.1) is 33.9 Å². The summed E-state index contributed by atoms with van der Waals surface area (Å²) in [6.07, 6.45) is 0.159. The number of β-amino-alcohol motifs (C(OH)–C–C–N with tert-alkyl or cyclic N) is 1. The van der Waals surface area contributed by atoms with Gasteiger partial charge in [0, 0.05) is 19.0 Å². The van der Waals surface area contributed by atoms with Gasteiger partial charge in [0.25, 0.3) is 0 Å². The van der Waals surface area contributed by atoms with Crippen molar-refractivity contribution in [3.8, 4) is 10.4 Å². The molecule has 2 N–H and O–H groups in total. The number of aliphatic hydroxyl groups is 1. The fourth-order valence-electron chi connectivity index (χ4n) is 4.93. The van der Waals surface area contributed by atoms with Crippen molar-refractivity contribution in [1.82, 2.24) is 20.4 Å². The van der Waals surface area contributed by atoms with Gasteiger partial charge in [-0.3, -0.25) is 9.59 Å². The van der Waals surface area contributed by atoms with E-state index in [1.807, 2.05) is 71.3 Å². The van der Waals surface area contributed by atoms with Crippen LogP contribution in [-0.2, 0) is 9.59 Å². The number of likely N-dealkylation sites (tertiary alicyclic amines) is 1. The summed E-state index contributed by atoms with van der Waals surface area (Å²) in [5.41, 5.74) is 5.14. The van der Waals surface area contributed by atoms with Gasteiger partial charge in [-0.25, -0.2) is 4.98 Å². The lowest BCUT2D eigenvalue weighted by Crippen LogP contribution is -2.49. The predicted molar refractivity (Wildman–Crippen MR) is 143 cm³/mol. The fraction of sp³-hybridized carbons (Fsp3) is 0.500. The van der Waals surface area contributed by atoms with E-state index in [2.05, 4.69) is 15.5 Å². The van der Waals surface area contributed by atoms with Gasteiger partial charge < -0.3 is 19.8 Å². The van der Waals surface area contributed by atoms with E-state index in [0.717, 1.165) is 28.1 Å². The Balaban J connectivity index is 1.51. The van der Waals surface area contributed by atoms with Gasteiger partial charge in [0.1, 0.15) is 17.7 Å². The Labute approximate surface area is 222 Å². The van der Waals surface area contributed by atoms with Crippen molar-refractivity contribution in [2.45, 2.75) is 78.5 Å². The van der Waals surface area contributed by atoms with Crippen molar-refractivity contribution < 1.29 is 19.2 Å². The number of rotatable bonds is 8. The molecule has 0 bridgehead atoms. The second-order valence-electron chi connectivity index (χ2n) is 10.7. The van der Waals surface area contributed by atoms with Crippen LogP contribution in [0.4, 0.5) is 0 Å². The smallest absolute Gasteiger partial charge is 0.243 e. The summed E-state index contributed by atoms with van der Waals surface area (Å²) >= 11 is 1.60. The highest BCUT2D eigenvalue weighted by molar-refractivity contribution is 7.13. The molecular formula is C28H36N4O4S. The molecule has 1 aliphatic heterocycles. The number of nitrogens with one attached hydrogen (secondary N) is 1. The predicted octanol–water partition coefficient (Wildman–Crippen LogP) is 4.77. The van der Waals surface area contributed by atoms with Crippen molar-refractivity contribution in [3.63, 3.8) is 0 Å². The van der Waals surface area contributed by atoms with Crippen molar-refractivity contribution in [2.24, 2.45) is 5.41 Å². The van der Waals surface area contributed by atoms with Gasteiger partial charge in [0.15, 0.2) is 0 Å². The molecule has 1 aromatic carbocycles. The molecule has 1 fully saturated rings. The Hall–Kier alpha value is -3.04. The lowest BCUT2D eigenvalue weighted by Gasteiger charge is -2.35. The molecule has 4 atom stereocenters. The molecule has 3 aromatic rings. The largest absolute Gasteiger partial charge is 0.391 e. The fourth-order valence-corrected chi connectivity index (χ4v) is 5.74. The quantitative estimate of drug-likeness (QED) is 0.439. The number of aromatic nitrogens is 2. The maximum atomic E-state index is 13.9. The molecule has 2 amide bonds. The summed E-state index contributed by atoms with van der Waals surface area (Å²) in [4.78, 5) is 34.3. The van der Waals surface area contributed by atoms with Crippen molar-refractivity contribution in [2.75, 3.05) is 6.54 Å². The van der Waals surface area contributed by atoms with Crippen LogP contribution in [0.1, 0.15) is 75.2 Å². The molecule has 4 unspecified atom stereocenters. The van der Waals surface area contributed by atoms with Crippen molar-refractivity contribution in [3.05, 3.63) is 58.6 Å². The van der Waals surface area contributed by atoms with Crippen molar-refractivity contribution in [1.29, 1.82) is 0 Å². The van der Waals surface area contributed by atoms with E-state index < -0.39 is 23.5 Å². The minimum Gasteiger partial charge on any atom is -0.391 e. The number of hydrogen-bond donors (Lipinski definition) is 2. The van der Waals surface area contributed by atoms with Crippen LogP contribution in [0.15, 0.2) is 40.4 Å².